The van der Waals surface area contributed by atoms with Crippen molar-refractivity contribution in [2.75, 3.05) is 6.54 Å². The predicted octanol–water partition coefficient (Wildman–Crippen LogP) is 0.587. The lowest BCUT2D eigenvalue weighted by molar-refractivity contribution is 0.0689. The summed E-state index contributed by atoms with van der Waals surface area (Å²) in [6.07, 6.45) is 0.457. The fraction of sp³-hybridized carbons (Fsp3) is 0.300. The Balaban J connectivity index is 2.30. The molecule has 0 aliphatic carbocycles. The van der Waals surface area contributed by atoms with Gasteiger partial charge in [0.25, 0.3) is 0 Å². The summed E-state index contributed by atoms with van der Waals surface area (Å²) < 4.78 is 1.60. The van der Waals surface area contributed by atoms with E-state index in [0.717, 1.165) is 5.56 Å². The summed E-state index contributed by atoms with van der Waals surface area (Å²) in [6.45, 7) is 0.899. The smallest absolute Gasteiger partial charge is 0.358 e. The van der Waals surface area contributed by atoms with Crippen LogP contribution in [0.15, 0.2) is 16.8 Å². The van der Waals surface area contributed by atoms with Crippen LogP contribution >= 0.6 is 11.3 Å². The van der Waals surface area contributed by atoms with Crippen LogP contribution in [0.2, 0.25) is 0 Å². The van der Waals surface area contributed by atoms with Gasteiger partial charge in [-0.1, -0.05) is 5.21 Å². The molecular weight excluding hydrogens is 240 g/mol. The third-order valence-electron chi connectivity index (χ3n) is 2.33. The molecule has 2 rings (SSSR count). The predicted molar refractivity (Wildman–Crippen MR) is 63.2 cm³/mol. The minimum absolute atomic E-state index is 0.00863. The van der Waals surface area contributed by atoms with Crippen molar-refractivity contribution in [1.82, 2.24) is 15.0 Å². The normalized spacial score (nSPS) is 10.6. The number of hydrogen-bond acceptors (Lipinski definition) is 5. The number of carboxylic acid groups (broad SMARTS) is 1. The van der Waals surface area contributed by atoms with E-state index in [4.69, 9.17) is 10.8 Å². The van der Waals surface area contributed by atoms with Gasteiger partial charge in [-0.25, -0.2) is 9.48 Å². The van der Waals surface area contributed by atoms with E-state index in [0.29, 0.717) is 25.2 Å². The summed E-state index contributed by atoms with van der Waals surface area (Å²) in [7, 11) is 0. The van der Waals surface area contributed by atoms with Crippen molar-refractivity contribution in [3.05, 3.63) is 33.8 Å². The standard InChI is InChI=1S/C10H12N4O2S/c11-3-1-8-9(10(15)16)12-13-14(8)5-7-2-4-17-6-7/h2,4,6H,1,3,5,11H2,(H,15,16). The molecule has 90 valence electrons. The lowest BCUT2D eigenvalue weighted by Gasteiger charge is -2.04. The molecule has 0 aromatic carbocycles. The first kappa shape index (κ1) is 11.7. The Hall–Kier alpha value is -1.73. The van der Waals surface area contributed by atoms with Crippen molar-refractivity contribution in [3.63, 3.8) is 0 Å². The summed E-state index contributed by atoms with van der Waals surface area (Å²) in [4.78, 5) is 11.0. The third kappa shape index (κ3) is 2.51. The van der Waals surface area contributed by atoms with E-state index in [-0.39, 0.29) is 5.69 Å². The minimum atomic E-state index is -1.06. The summed E-state index contributed by atoms with van der Waals surface area (Å²) in [5.41, 5.74) is 7.12. The Morgan fingerprint density at radius 1 is 1.59 bits per heavy atom. The fourth-order valence-corrected chi connectivity index (χ4v) is 2.23. The van der Waals surface area contributed by atoms with E-state index < -0.39 is 5.97 Å². The Morgan fingerprint density at radius 3 is 3.00 bits per heavy atom. The average Bonchev–Trinajstić information content (AvgIpc) is 2.90. The molecule has 7 heteroatoms. The van der Waals surface area contributed by atoms with Gasteiger partial charge < -0.3 is 10.8 Å². The molecular formula is C10H12N4O2S. The van der Waals surface area contributed by atoms with Gasteiger partial charge in [-0.3, -0.25) is 0 Å². The SMILES string of the molecule is NCCc1c(C(=O)O)nnn1Cc1ccsc1. The maximum Gasteiger partial charge on any atom is 0.358 e. The van der Waals surface area contributed by atoms with Crippen molar-refractivity contribution >= 4 is 17.3 Å². The van der Waals surface area contributed by atoms with E-state index >= 15 is 0 Å². The summed E-state index contributed by atoms with van der Waals surface area (Å²) in [5, 5.41) is 20.5. The highest BCUT2D eigenvalue weighted by molar-refractivity contribution is 7.07. The largest absolute Gasteiger partial charge is 0.476 e. The summed E-state index contributed by atoms with van der Waals surface area (Å²) in [5.74, 6) is -1.06. The first-order valence-electron chi connectivity index (χ1n) is 5.09. The van der Waals surface area contributed by atoms with Gasteiger partial charge in [0, 0.05) is 6.42 Å². The van der Waals surface area contributed by atoms with Crippen LogP contribution in [0.4, 0.5) is 0 Å². The molecule has 0 amide bonds. The summed E-state index contributed by atoms with van der Waals surface area (Å²) >= 11 is 1.59. The second kappa shape index (κ2) is 5.07. The minimum Gasteiger partial charge on any atom is -0.476 e. The van der Waals surface area contributed by atoms with Gasteiger partial charge in [-0.15, -0.1) is 5.10 Å². The van der Waals surface area contributed by atoms with Crippen LogP contribution in [0.1, 0.15) is 21.7 Å². The Kier molecular flexibility index (Phi) is 3.50. The maximum atomic E-state index is 11.0. The fourth-order valence-electron chi connectivity index (χ4n) is 1.57. The van der Waals surface area contributed by atoms with E-state index in [1.165, 1.54) is 0 Å². The molecule has 0 bridgehead atoms. The van der Waals surface area contributed by atoms with Gasteiger partial charge in [-0.05, 0) is 28.9 Å². The molecule has 0 spiro atoms. The molecule has 0 aliphatic heterocycles. The number of carbonyl (C=O) groups is 1. The van der Waals surface area contributed by atoms with Crippen molar-refractivity contribution in [1.29, 1.82) is 0 Å². The number of aromatic carboxylic acids is 1. The second-order valence-electron chi connectivity index (χ2n) is 3.52. The Labute approximate surface area is 102 Å². The zero-order valence-corrected chi connectivity index (χ0v) is 9.85. The van der Waals surface area contributed by atoms with Crippen LogP contribution in [0.25, 0.3) is 0 Å². The van der Waals surface area contributed by atoms with Crippen molar-refractivity contribution in [2.24, 2.45) is 5.73 Å². The lowest BCUT2D eigenvalue weighted by Crippen LogP contribution is -2.13. The van der Waals surface area contributed by atoms with Crippen molar-refractivity contribution in [3.8, 4) is 0 Å². The quantitative estimate of drug-likeness (QED) is 0.812. The molecule has 0 aliphatic rings. The van der Waals surface area contributed by atoms with Gasteiger partial charge >= 0.3 is 5.97 Å². The van der Waals surface area contributed by atoms with Gasteiger partial charge in [0.05, 0.1) is 12.2 Å². The zero-order valence-electron chi connectivity index (χ0n) is 9.04. The Morgan fingerprint density at radius 2 is 2.41 bits per heavy atom. The van der Waals surface area contributed by atoms with Crippen LogP contribution in [-0.2, 0) is 13.0 Å². The monoisotopic (exact) mass is 252 g/mol. The average molecular weight is 252 g/mol. The highest BCUT2D eigenvalue weighted by Crippen LogP contribution is 2.12. The molecule has 6 nitrogen and oxygen atoms in total. The van der Waals surface area contributed by atoms with Crippen LogP contribution in [0.3, 0.4) is 0 Å². The molecule has 0 unspecified atom stereocenters. The molecule has 0 fully saturated rings. The third-order valence-corrected chi connectivity index (χ3v) is 3.07. The first-order valence-corrected chi connectivity index (χ1v) is 6.03. The van der Waals surface area contributed by atoms with Gasteiger partial charge in [0.1, 0.15) is 0 Å². The van der Waals surface area contributed by atoms with E-state index in [1.54, 1.807) is 16.0 Å². The second-order valence-corrected chi connectivity index (χ2v) is 4.30. The molecule has 0 saturated carbocycles. The molecule has 3 N–H and O–H groups in total. The molecule has 0 saturated heterocycles. The summed E-state index contributed by atoms with van der Waals surface area (Å²) in [6, 6.07) is 1.97. The molecule has 2 aromatic heterocycles. The molecule has 2 heterocycles. The number of carboxylic acids is 1. The van der Waals surface area contributed by atoms with Gasteiger partial charge in [-0.2, -0.15) is 11.3 Å². The number of aromatic nitrogens is 3. The van der Waals surface area contributed by atoms with Gasteiger partial charge in [0.15, 0.2) is 5.69 Å². The van der Waals surface area contributed by atoms with Crippen LogP contribution < -0.4 is 5.73 Å². The van der Waals surface area contributed by atoms with E-state index in [9.17, 15) is 4.79 Å². The van der Waals surface area contributed by atoms with Crippen molar-refractivity contribution < 1.29 is 9.90 Å². The zero-order chi connectivity index (χ0) is 12.3. The molecule has 0 atom stereocenters. The number of nitrogens with zero attached hydrogens (tertiary/aromatic N) is 3. The molecule has 0 radical (unpaired) electrons. The van der Waals surface area contributed by atoms with Crippen LogP contribution in [-0.4, -0.2) is 32.6 Å². The lowest BCUT2D eigenvalue weighted by atomic mass is 10.2. The van der Waals surface area contributed by atoms with Crippen LogP contribution in [0.5, 0.6) is 0 Å². The van der Waals surface area contributed by atoms with E-state index in [1.807, 2.05) is 16.8 Å². The molecule has 2 aromatic rings. The first-order chi connectivity index (χ1) is 8.22. The number of nitrogens with two attached hydrogens (primary N) is 1. The maximum absolute atomic E-state index is 11.0. The van der Waals surface area contributed by atoms with Gasteiger partial charge in [0.2, 0.25) is 0 Å². The molecule has 17 heavy (non-hydrogen) atoms. The Bertz CT molecular complexity index is 506. The van der Waals surface area contributed by atoms with Crippen LogP contribution in [0, 0.1) is 0 Å². The topological polar surface area (TPSA) is 94.0 Å². The number of thiophene rings is 1. The number of rotatable bonds is 5. The number of hydrogen-bond donors (Lipinski definition) is 2. The highest BCUT2D eigenvalue weighted by atomic mass is 32.1. The highest BCUT2D eigenvalue weighted by Gasteiger charge is 2.18. The van der Waals surface area contributed by atoms with Crippen molar-refractivity contribution in [2.45, 2.75) is 13.0 Å². The van der Waals surface area contributed by atoms with E-state index in [2.05, 4.69) is 10.3 Å².